The van der Waals surface area contributed by atoms with Gasteiger partial charge in [-0.05, 0) is 88.1 Å². The van der Waals surface area contributed by atoms with Crippen molar-refractivity contribution in [3.8, 4) is 0 Å². The van der Waals surface area contributed by atoms with E-state index in [9.17, 15) is 0 Å². The van der Waals surface area contributed by atoms with Crippen molar-refractivity contribution < 1.29 is 0 Å². The summed E-state index contributed by atoms with van der Waals surface area (Å²) in [5.74, 6) is 0. The maximum atomic E-state index is 4.08. The highest BCUT2D eigenvalue weighted by Gasteiger charge is 1.86. The molecular formula is C21H27N3. The van der Waals surface area contributed by atoms with E-state index in [1.54, 1.807) is 0 Å². The van der Waals surface area contributed by atoms with E-state index in [2.05, 4.69) is 54.8 Å². The standard InChI is InChI=1S/3C7H9N/c1-6-3-4-8-5-7(6)2;1-6-3-4-8-7(2)5-6;1-6-4-3-5-8-7(6)2/h3*3-5H,1-2H3. The molecule has 0 unspecified atom stereocenters. The Balaban J connectivity index is 0.000000180. The Morgan fingerprint density at radius 3 is 1.79 bits per heavy atom. The zero-order valence-electron chi connectivity index (χ0n) is 15.5. The van der Waals surface area contributed by atoms with Crippen LogP contribution in [0.25, 0.3) is 0 Å². The molecule has 0 N–H and O–H groups in total. The van der Waals surface area contributed by atoms with Crippen LogP contribution in [-0.2, 0) is 0 Å². The summed E-state index contributed by atoms with van der Waals surface area (Å²) in [4.78, 5) is 12.1. The van der Waals surface area contributed by atoms with Gasteiger partial charge in [-0.3, -0.25) is 15.0 Å². The normalized spacial score (nSPS) is 9.25. The highest BCUT2D eigenvalue weighted by atomic mass is 14.7. The van der Waals surface area contributed by atoms with Crippen LogP contribution in [0.4, 0.5) is 0 Å². The van der Waals surface area contributed by atoms with Crippen molar-refractivity contribution in [2.75, 3.05) is 0 Å². The van der Waals surface area contributed by atoms with Crippen molar-refractivity contribution in [1.29, 1.82) is 0 Å². The molecule has 0 atom stereocenters. The Morgan fingerprint density at radius 1 is 0.667 bits per heavy atom. The first-order valence-corrected chi connectivity index (χ1v) is 8.05. The van der Waals surface area contributed by atoms with Gasteiger partial charge >= 0.3 is 0 Å². The maximum absolute atomic E-state index is 4.08. The highest BCUT2D eigenvalue weighted by molar-refractivity contribution is 5.18. The molecule has 0 spiro atoms. The minimum absolute atomic E-state index is 1.09. The van der Waals surface area contributed by atoms with Crippen molar-refractivity contribution in [3.63, 3.8) is 0 Å². The molecule has 0 aliphatic carbocycles. The molecule has 126 valence electrons. The van der Waals surface area contributed by atoms with Crippen molar-refractivity contribution >= 4 is 0 Å². The molecule has 0 aromatic carbocycles. The summed E-state index contributed by atoms with van der Waals surface area (Å²) in [6.07, 6.45) is 7.31. The van der Waals surface area contributed by atoms with Gasteiger partial charge in [0, 0.05) is 36.2 Å². The molecule has 3 nitrogen and oxygen atoms in total. The van der Waals surface area contributed by atoms with E-state index < -0.39 is 0 Å². The summed E-state index contributed by atoms with van der Waals surface area (Å²) in [6, 6.07) is 10.1. The van der Waals surface area contributed by atoms with Gasteiger partial charge in [-0.2, -0.15) is 0 Å². The first-order chi connectivity index (χ1) is 11.4. The fourth-order valence-corrected chi connectivity index (χ4v) is 1.79. The second kappa shape index (κ2) is 10.3. The van der Waals surface area contributed by atoms with Crippen LogP contribution in [0.15, 0.2) is 55.1 Å². The fraction of sp³-hybridized carbons (Fsp3) is 0.286. The van der Waals surface area contributed by atoms with Gasteiger partial charge in [0.1, 0.15) is 0 Å². The van der Waals surface area contributed by atoms with Crippen molar-refractivity contribution in [2.45, 2.75) is 41.5 Å². The number of aryl methyl sites for hydroxylation is 6. The molecule has 3 aromatic rings. The lowest BCUT2D eigenvalue weighted by atomic mass is 10.2. The van der Waals surface area contributed by atoms with Gasteiger partial charge < -0.3 is 0 Å². The number of aromatic nitrogens is 3. The third kappa shape index (κ3) is 7.63. The Labute approximate surface area is 145 Å². The monoisotopic (exact) mass is 321 g/mol. The van der Waals surface area contributed by atoms with E-state index in [-0.39, 0.29) is 0 Å². The summed E-state index contributed by atoms with van der Waals surface area (Å²) < 4.78 is 0. The average Bonchev–Trinajstić information content (AvgIpc) is 2.54. The second-order valence-corrected chi connectivity index (χ2v) is 5.84. The first kappa shape index (κ1) is 19.5. The Kier molecular flexibility index (Phi) is 8.34. The smallest absolute Gasteiger partial charge is 0.0401 e. The van der Waals surface area contributed by atoms with Crippen LogP contribution in [0, 0.1) is 41.5 Å². The van der Waals surface area contributed by atoms with Crippen molar-refractivity contribution in [3.05, 3.63) is 88.8 Å². The lowest BCUT2D eigenvalue weighted by Crippen LogP contribution is -1.81. The molecule has 0 saturated carbocycles. The molecule has 0 radical (unpaired) electrons. The van der Waals surface area contributed by atoms with Crippen LogP contribution in [-0.4, -0.2) is 15.0 Å². The molecule has 3 heterocycles. The van der Waals surface area contributed by atoms with Gasteiger partial charge in [0.05, 0.1) is 0 Å². The lowest BCUT2D eigenvalue weighted by Gasteiger charge is -1.92. The van der Waals surface area contributed by atoms with Crippen LogP contribution in [0.3, 0.4) is 0 Å². The van der Waals surface area contributed by atoms with Crippen LogP contribution in [0.2, 0.25) is 0 Å². The van der Waals surface area contributed by atoms with Crippen LogP contribution in [0.1, 0.15) is 33.6 Å². The Bertz CT molecular complexity index is 649. The zero-order valence-corrected chi connectivity index (χ0v) is 15.5. The zero-order chi connectivity index (χ0) is 17.9. The van der Waals surface area contributed by atoms with E-state index in [0.29, 0.717) is 0 Å². The minimum atomic E-state index is 1.09. The van der Waals surface area contributed by atoms with Crippen molar-refractivity contribution in [1.82, 2.24) is 15.0 Å². The average molecular weight is 321 g/mol. The van der Waals surface area contributed by atoms with E-state index in [0.717, 1.165) is 11.4 Å². The largest absolute Gasteiger partial charge is 0.264 e. The third-order valence-corrected chi connectivity index (χ3v) is 3.62. The van der Waals surface area contributed by atoms with Crippen LogP contribution in [0.5, 0.6) is 0 Å². The molecule has 0 aliphatic heterocycles. The molecule has 3 rings (SSSR count). The second-order valence-electron chi connectivity index (χ2n) is 5.84. The van der Waals surface area contributed by atoms with E-state index in [1.165, 1.54) is 22.3 Å². The summed E-state index contributed by atoms with van der Waals surface area (Å²) in [5.41, 5.74) is 7.30. The van der Waals surface area contributed by atoms with E-state index in [4.69, 9.17) is 0 Å². The van der Waals surface area contributed by atoms with Crippen molar-refractivity contribution in [2.24, 2.45) is 0 Å². The topological polar surface area (TPSA) is 38.7 Å². The first-order valence-electron chi connectivity index (χ1n) is 8.05. The molecule has 0 amide bonds. The summed E-state index contributed by atoms with van der Waals surface area (Å²) in [5, 5.41) is 0. The number of rotatable bonds is 0. The van der Waals surface area contributed by atoms with E-state index in [1.807, 2.05) is 56.8 Å². The molecule has 0 fully saturated rings. The number of pyridine rings is 3. The lowest BCUT2D eigenvalue weighted by molar-refractivity contribution is 1.15. The molecule has 3 aromatic heterocycles. The quantitative estimate of drug-likeness (QED) is 0.578. The third-order valence-electron chi connectivity index (χ3n) is 3.62. The maximum Gasteiger partial charge on any atom is 0.0401 e. The number of hydrogen-bond donors (Lipinski definition) is 0. The van der Waals surface area contributed by atoms with Gasteiger partial charge in [-0.15, -0.1) is 0 Å². The summed E-state index contributed by atoms with van der Waals surface area (Å²) >= 11 is 0. The number of hydrogen-bond acceptors (Lipinski definition) is 3. The Hall–Kier alpha value is -2.55. The van der Waals surface area contributed by atoms with Gasteiger partial charge in [0.25, 0.3) is 0 Å². The van der Waals surface area contributed by atoms with Crippen LogP contribution >= 0.6 is 0 Å². The molecule has 0 aliphatic rings. The highest BCUT2D eigenvalue weighted by Crippen LogP contribution is 2.00. The van der Waals surface area contributed by atoms with Gasteiger partial charge in [0.2, 0.25) is 0 Å². The van der Waals surface area contributed by atoms with Crippen LogP contribution < -0.4 is 0 Å². The molecule has 0 saturated heterocycles. The van der Waals surface area contributed by atoms with Gasteiger partial charge in [0.15, 0.2) is 0 Å². The predicted octanol–water partition coefficient (Wildman–Crippen LogP) is 5.10. The SMILES string of the molecule is Cc1cccnc1C.Cc1ccnc(C)c1.Cc1ccncc1C. The molecule has 24 heavy (non-hydrogen) atoms. The molecule has 3 heteroatoms. The summed E-state index contributed by atoms with van der Waals surface area (Å²) in [7, 11) is 0. The molecule has 0 bridgehead atoms. The van der Waals surface area contributed by atoms with Gasteiger partial charge in [-0.25, -0.2) is 0 Å². The molecular weight excluding hydrogens is 294 g/mol. The van der Waals surface area contributed by atoms with Gasteiger partial charge in [-0.1, -0.05) is 6.07 Å². The predicted molar refractivity (Wildman–Crippen MR) is 101 cm³/mol. The minimum Gasteiger partial charge on any atom is -0.264 e. The fourth-order valence-electron chi connectivity index (χ4n) is 1.79. The van der Waals surface area contributed by atoms with E-state index >= 15 is 0 Å². The Morgan fingerprint density at radius 2 is 1.42 bits per heavy atom. The number of nitrogens with zero attached hydrogens (tertiary/aromatic N) is 3. The summed E-state index contributed by atoms with van der Waals surface area (Å²) in [6.45, 7) is 12.3.